The average molecular weight is 238 g/mol. The summed E-state index contributed by atoms with van der Waals surface area (Å²) in [5, 5.41) is 6.55. The zero-order valence-electron chi connectivity index (χ0n) is 11.2. The highest BCUT2D eigenvalue weighted by Gasteiger charge is 2.29. The standard InChI is InChI=1S/C14H26N2O/c1-10-7-8-13(11(10)2)15-9-14(17)16-12-5-3-4-6-12/h10-13,15H,3-9H2,1-2H3,(H,16,17). The van der Waals surface area contributed by atoms with Gasteiger partial charge in [-0.05, 0) is 37.5 Å². The minimum atomic E-state index is 0.184. The predicted octanol–water partition coefficient (Wildman–Crippen LogP) is 2.07. The lowest BCUT2D eigenvalue weighted by Crippen LogP contribution is -2.43. The summed E-state index contributed by atoms with van der Waals surface area (Å²) in [5.74, 6) is 1.68. The van der Waals surface area contributed by atoms with Gasteiger partial charge < -0.3 is 10.6 Å². The number of hydrogen-bond donors (Lipinski definition) is 2. The van der Waals surface area contributed by atoms with Gasteiger partial charge in [-0.2, -0.15) is 0 Å². The second-order valence-electron chi connectivity index (χ2n) is 5.95. The Morgan fingerprint density at radius 2 is 1.82 bits per heavy atom. The van der Waals surface area contributed by atoms with Gasteiger partial charge in [0.2, 0.25) is 5.91 Å². The van der Waals surface area contributed by atoms with Gasteiger partial charge in [0.05, 0.1) is 6.54 Å². The molecule has 2 fully saturated rings. The van der Waals surface area contributed by atoms with Gasteiger partial charge in [-0.25, -0.2) is 0 Å². The molecule has 0 saturated heterocycles. The highest BCUT2D eigenvalue weighted by atomic mass is 16.1. The van der Waals surface area contributed by atoms with E-state index in [0.29, 0.717) is 24.5 Å². The van der Waals surface area contributed by atoms with Gasteiger partial charge in [0.1, 0.15) is 0 Å². The Labute approximate surface area is 105 Å². The number of carbonyl (C=O) groups excluding carboxylic acids is 1. The molecule has 0 aliphatic heterocycles. The minimum absolute atomic E-state index is 0.184. The highest BCUT2D eigenvalue weighted by Crippen LogP contribution is 2.30. The van der Waals surface area contributed by atoms with Crippen molar-refractivity contribution >= 4 is 5.91 Å². The van der Waals surface area contributed by atoms with Crippen molar-refractivity contribution < 1.29 is 4.79 Å². The summed E-state index contributed by atoms with van der Waals surface area (Å²) in [6.07, 6.45) is 7.40. The summed E-state index contributed by atoms with van der Waals surface area (Å²) in [6.45, 7) is 5.10. The molecular weight excluding hydrogens is 212 g/mol. The molecule has 1 amide bonds. The zero-order valence-corrected chi connectivity index (χ0v) is 11.2. The SMILES string of the molecule is CC1CCC(NCC(=O)NC2CCCC2)C1C. The van der Waals surface area contributed by atoms with Crippen LogP contribution in [0.25, 0.3) is 0 Å². The van der Waals surface area contributed by atoms with Gasteiger partial charge >= 0.3 is 0 Å². The second-order valence-corrected chi connectivity index (χ2v) is 5.95. The van der Waals surface area contributed by atoms with Crippen molar-refractivity contribution in [3.63, 3.8) is 0 Å². The Morgan fingerprint density at radius 3 is 2.41 bits per heavy atom. The van der Waals surface area contributed by atoms with Crippen LogP contribution in [0.4, 0.5) is 0 Å². The van der Waals surface area contributed by atoms with E-state index in [1.54, 1.807) is 0 Å². The molecule has 0 aromatic rings. The van der Waals surface area contributed by atoms with Crippen molar-refractivity contribution in [2.45, 2.75) is 64.5 Å². The van der Waals surface area contributed by atoms with E-state index in [9.17, 15) is 4.79 Å². The van der Waals surface area contributed by atoms with E-state index in [1.807, 2.05) is 0 Å². The molecule has 2 saturated carbocycles. The van der Waals surface area contributed by atoms with E-state index in [-0.39, 0.29) is 5.91 Å². The zero-order chi connectivity index (χ0) is 12.3. The first-order valence-corrected chi connectivity index (χ1v) is 7.19. The van der Waals surface area contributed by atoms with Crippen LogP contribution in [0.2, 0.25) is 0 Å². The minimum Gasteiger partial charge on any atom is -0.352 e. The molecule has 98 valence electrons. The molecule has 3 nitrogen and oxygen atoms in total. The molecular formula is C14H26N2O. The third-order valence-corrected chi connectivity index (χ3v) is 4.71. The molecule has 2 rings (SSSR count). The first kappa shape index (κ1) is 12.9. The van der Waals surface area contributed by atoms with E-state index < -0.39 is 0 Å². The first-order valence-electron chi connectivity index (χ1n) is 7.19. The van der Waals surface area contributed by atoms with Crippen LogP contribution in [-0.2, 0) is 4.79 Å². The molecule has 0 bridgehead atoms. The molecule has 0 spiro atoms. The van der Waals surface area contributed by atoms with E-state index >= 15 is 0 Å². The van der Waals surface area contributed by atoms with Gasteiger partial charge in [0, 0.05) is 12.1 Å². The summed E-state index contributed by atoms with van der Waals surface area (Å²) >= 11 is 0. The summed E-state index contributed by atoms with van der Waals surface area (Å²) in [7, 11) is 0. The molecule has 0 heterocycles. The summed E-state index contributed by atoms with van der Waals surface area (Å²) in [5.41, 5.74) is 0. The molecule has 3 atom stereocenters. The number of nitrogens with one attached hydrogen (secondary N) is 2. The molecule has 17 heavy (non-hydrogen) atoms. The van der Waals surface area contributed by atoms with Crippen molar-refractivity contribution in [3.8, 4) is 0 Å². The third-order valence-electron chi connectivity index (χ3n) is 4.71. The van der Waals surface area contributed by atoms with Crippen molar-refractivity contribution in [2.24, 2.45) is 11.8 Å². The van der Waals surface area contributed by atoms with Crippen molar-refractivity contribution in [1.82, 2.24) is 10.6 Å². The van der Waals surface area contributed by atoms with Crippen LogP contribution in [0.15, 0.2) is 0 Å². The normalized spacial score (nSPS) is 34.1. The Kier molecular flexibility index (Phi) is 4.43. The van der Waals surface area contributed by atoms with Crippen molar-refractivity contribution in [1.29, 1.82) is 0 Å². The molecule has 2 aliphatic rings. The Hall–Kier alpha value is -0.570. The van der Waals surface area contributed by atoms with Crippen LogP contribution in [0.3, 0.4) is 0 Å². The third kappa shape index (κ3) is 3.44. The van der Waals surface area contributed by atoms with Gasteiger partial charge in [-0.3, -0.25) is 4.79 Å². The molecule has 0 aromatic carbocycles. The van der Waals surface area contributed by atoms with Crippen LogP contribution in [0.5, 0.6) is 0 Å². The number of rotatable bonds is 4. The fraction of sp³-hybridized carbons (Fsp3) is 0.929. The van der Waals surface area contributed by atoms with E-state index in [1.165, 1.54) is 38.5 Å². The lowest BCUT2D eigenvalue weighted by atomic mass is 9.98. The monoisotopic (exact) mass is 238 g/mol. The number of amides is 1. The summed E-state index contributed by atoms with van der Waals surface area (Å²) in [4.78, 5) is 11.8. The lowest BCUT2D eigenvalue weighted by molar-refractivity contribution is -0.121. The average Bonchev–Trinajstić information content (AvgIpc) is 2.90. The van der Waals surface area contributed by atoms with Crippen molar-refractivity contribution in [2.75, 3.05) is 6.54 Å². The maximum absolute atomic E-state index is 11.8. The number of carbonyl (C=O) groups is 1. The van der Waals surface area contributed by atoms with Crippen LogP contribution in [0.1, 0.15) is 52.4 Å². The maximum Gasteiger partial charge on any atom is 0.234 e. The van der Waals surface area contributed by atoms with Gasteiger partial charge in [0.25, 0.3) is 0 Å². The summed E-state index contributed by atoms with van der Waals surface area (Å²) < 4.78 is 0. The summed E-state index contributed by atoms with van der Waals surface area (Å²) in [6, 6.07) is 0.989. The van der Waals surface area contributed by atoms with Gasteiger partial charge in [-0.15, -0.1) is 0 Å². The van der Waals surface area contributed by atoms with Crippen molar-refractivity contribution in [3.05, 3.63) is 0 Å². The van der Waals surface area contributed by atoms with Crippen LogP contribution < -0.4 is 10.6 Å². The largest absolute Gasteiger partial charge is 0.352 e. The molecule has 0 radical (unpaired) electrons. The Balaban J connectivity index is 1.65. The Morgan fingerprint density at radius 1 is 1.12 bits per heavy atom. The molecule has 3 unspecified atom stereocenters. The number of hydrogen-bond acceptors (Lipinski definition) is 2. The van der Waals surface area contributed by atoms with E-state index in [0.717, 1.165) is 5.92 Å². The molecule has 0 aromatic heterocycles. The van der Waals surface area contributed by atoms with Crippen LogP contribution in [-0.4, -0.2) is 24.5 Å². The fourth-order valence-corrected chi connectivity index (χ4v) is 3.23. The highest BCUT2D eigenvalue weighted by molar-refractivity contribution is 5.78. The Bertz CT molecular complexity index is 261. The van der Waals surface area contributed by atoms with Crippen LogP contribution >= 0.6 is 0 Å². The smallest absolute Gasteiger partial charge is 0.234 e. The lowest BCUT2D eigenvalue weighted by Gasteiger charge is -2.20. The second kappa shape index (κ2) is 5.85. The van der Waals surface area contributed by atoms with Crippen LogP contribution in [0, 0.1) is 11.8 Å². The maximum atomic E-state index is 11.8. The molecule has 2 aliphatic carbocycles. The van der Waals surface area contributed by atoms with Gasteiger partial charge in [-0.1, -0.05) is 26.7 Å². The quantitative estimate of drug-likeness (QED) is 0.787. The molecule has 2 N–H and O–H groups in total. The van der Waals surface area contributed by atoms with Gasteiger partial charge in [0.15, 0.2) is 0 Å². The topological polar surface area (TPSA) is 41.1 Å². The predicted molar refractivity (Wildman–Crippen MR) is 69.8 cm³/mol. The van der Waals surface area contributed by atoms with E-state index in [4.69, 9.17) is 0 Å². The van der Waals surface area contributed by atoms with E-state index in [2.05, 4.69) is 24.5 Å². The fourth-order valence-electron chi connectivity index (χ4n) is 3.23. The first-order chi connectivity index (χ1) is 8.16. The molecule has 3 heteroatoms.